The number of nitrogens with zero attached hydrogens (tertiary/aromatic N) is 1. The molecular formula is C19H23NO2S2. The van der Waals surface area contributed by atoms with E-state index in [-0.39, 0.29) is 0 Å². The summed E-state index contributed by atoms with van der Waals surface area (Å²) in [7, 11) is -3.38. The molecule has 0 radical (unpaired) electrons. The Hall–Kier alpha value is -1.33. The van der Waals surface area contributed by atoms with Crippen molar-refractivity contribution in [1.29, 1.82) is 0 Å². The zero-order chi connectivity index (χ0) is 16.8. The zero-order valence-corrected chi connectivity index (χ0v) is 15.3. The Morgan fingerprint density at radius 1 is 1.00 bits per heavy atom. The van der Waals surface area contributed by atoms with Crippen molar-refractivity contribution in [3.63, 3.8) is 0 Å². The number of hydrogen-bond donors (Lipinski definition) is 0. The minimum absolute atomic E-state index is 0.411. The van der Waals surface area contributed by atoms with Gasteiger partial charge in [-0.3, -0.25) is 0 Å². The summed E-state index contributed by atoms with van der Waals surface area (Å²) in [6, 6.07) is 14.5. The fourth-order valence-corrected chi connectivity index (χ4v) is 6.66. The van der Waals surface area contributed by atoms with Gasteiger partial charge in [0.25, 0.3) is 0 Å². The summed E-state index contributed by atoms with van der Waals surface area (Å²) in [6.07, 6.45) is 8.43. The van der Waals surface area contributed by atoms with Crippen LogP contribution in [-0.4, -0.2) is 18.0 Å². The van der Waals surface area contributed by atoms with Gasteiger partial charge in [-0.05, 0) is 36.6 Å². The molecule has 1 heterocycles. The van der Waals surface area contributed by atoms with Crippen LogP contribution in [0.2, 0.25) is 0 Å². The molecule has 24 heavy (non-hydrogen) atoms. The summed E-state index contributed by atoms with van der Waals surface area (Å²) >= 11 is 1.39. The van der Waals surface area contributed by atoms with E-state index in [4.69, 9.17) is 0 Å². The van der Waals surface area contributed by atoms with Gasteiger partial charge in [0.15, 0.2) is 9.84 Å². The molecular weight excluding hydrogens is 338 g/mol. The van der Waals surface area contributed by atoms with Crippen molar-refractivity contribution in [1.82, 2.24) is 4.98 Å². The van der Waals surface area contributed by atoms with Gasteiger partial charge in [0, 0.05) is 6.20 Å². The first-order chi connectivity index (χ1) is 11.7. The minimum atomic E-state index is -3.38. The summed E-state index contributed by atoms with van der Waals surface area (Å²) in [5.41, 5.74) is 0. The van der Waals surface area contributed by atoms with Gasteiger partial charge in [-0.25, -0.2) is 13.4 Å². The summed E-state index contributed by atoms with van der Waals surface area (Å²) < 4.78 is 25.8. The third kappa shape index (κ3) is 4.39. The number of pyridine rings is 1. The Balaban J connectivity index is 1.85. The molecule has 3 rings (SSSR count). The molecule has 1 aliphatic rings. The molecule has 3 nitrogen and oxygen atoms in total. The lowest BCUT2D eigenvalue weighted by Crippen LogP contribution is -2.23. The van der Waals surface area contributed by atoms with Crippen molar-refractivity contribution < 1.29 is 8.42 Å². The molecule has 1 saturated carbocycles. The van der Waals surface area contributed by atoms with Crippen molar-refractivity contribution in [2.24, 2.45) is 5.92 Å². The van der Waals surface area contributed by atoms with E-state index >= 15 is 0 Å². The van der Waals surface area contributed by atoms with Crippen LogP contribution in [0.5, 0.6) is 0 Å². The van der Waals surface area contributed by atoms with Gasteiger partial charge in [0.05, 0.1) is 9.92 Å². The highest BCUT2D eigenvalue weighted by atomic mass is 32.3. The van der Waals surface area contributed by atoms with E-state index in [9.17, 15) is 8.42 Å². The van der Waals surface area contributed by atoms with Gasteiger partial charge in [-0.15, -0.1) is 0 Å². The molecule has 1 atom stereocenters. The van der Waals surface area contributed by atoms with Gasteiger partial charge in [-0.2, -0.15) is 0 Å². The van der Waals surface area contributed by atoms with Crippen molar-refractivity contribution in [3.8, 4) is 0 Å². The number of rotatable bonds is 6. The van der Waals surface area contributed by atoms with E-state index < -0.39 is 14.4 Å². The summed E-state index contributed by atoms with van der Waals surface area (Å²) in [4.78, 5) is 4.73. The highest BCUT2D eigenvalue weighted by molar-refractivity contribution is 8.13. The molecule has 2 aromatic rings. The molecule has 1 aliphatic carbocycles. The molecule has 0 N–H and O–H groups in total. The fraction of sp³-hybridized carbons (Fsp3) is 0.421. The molecule has 0 amide bonds. The predicted octanol–water partition coefficient (Wildman–Crippen LogP) is 4.94. The third-order valence-corrected chi connectivity index (χ3v) is 8.36. The Labute approximate surface area is 148 Å². The van der Waals surface area contributed by atoms with Crippen LogP contribution in [0, 0.1) is 5.92 Å². The third-order valence-electron chi connectivity index (χ3n) is 4.56. The zero-order valence-electron chi connectivity index (χ0n) is 13.7. The van der Waals surface area contributed by atoms with E-state index in [0.717, 1.165) is 17.9 Å². The summed E-state index contributed by atoms with van der Waals surface area (Å²) in [5.74, 6) is 0.499. The molecule has 1 fully saturated rings. The first-order valence-corrected chi connectivity index (χ1v) is 11.0. The molecule has 1 unspecified atom stereocenters. The van der Waals surface area contributed by atoms with E-state index in [0.29, 0.717) is 17.2 Å². The second-order valence-corrected chi connectivity index (χ2v) is 9.97. The first kappa shape index (κ1) is 17.5. The predicted molar refractivity (Wildman–Crippen MR) is 98.7 cm³/mol. The normalized spacial score (nSPS) is 17.5. The maximum absolute atomic E-state index is 13.2. The highest BCUT2D eigenvalue weighted by Gasteiger charge is 2.31. The van der Waals surface area contributed by atoms with Gasteiger partial charge < -0.3 is 0 Å². The largest absolute Gasteiger partial charge is 0.250 e. The molecule has 1 aromatic heterocycles. The van der Waals surface area contributed by atoms with Crippen LogP contribution in [-0.2, 0) is 9.84 Å². The maximum Gasteiger partial charge on any atom is 0.190 e. The molecule has 0 spiro atoms. The number of hydrogen-bond acceptors (Lipinski definition) is 4. The summed E-state index contributed by atoms with van der Waals surface area (Å²) in [5, 5.41) is 0.776. The van der Waals surface area contributed by atoms with Crippen LogP contribution in [0.25, 0.3) is 0 Å². The van der Waals surface area contributed by atoms with Crippen LogP contribution in [0.15, 0.2) is 64.6 Å². The SMILES string of the molecule is O=S(=O)(c1ccccc1)C(CC1CCCCC1)Sc1ccccn1. The second kappa shape index (κ2) is 8.17. The molecule has 128 valence electrons. The quantitative estimate of drug-likeness (QED) is 0.683. The van der Waals surface area contributed by atoms with E-state index in [1.165, 1.54) is 31.0 Å². The molecule has 0 aliphatic heterocycles. The lowest BCUT2D eigenvalue weighted by molar-refractivity contribution is 0.346. The Morgan fingerprint density at radius 2 is 1.71 bits per heavy atom. The molecule has 1 aromatic carbocycles. The number of aromatic nitrogens is 1. The van der Waals surface area contributed by atoms with Gasteiger partial charge in [0.2, 0.25) is 0 Å². The van der Waals surface area contributed by atoms with Gasteiger partial charge in [-0.1, -0.05) is 68.1 Å². The van der Waals surface area contributed by atoms with Crippen LogP contribution < -0.4 is 0 Å². The smallest absolute Gasteiger partial charge is 0.190 e. The average molecular weight is 362 g/mol. The maximum atomic E-state index is 13.2. The second-order valence-electron chi connectivity index (χ2n) is 6.31. The average Bonchev–Trinajstić information content (AvgIpc) is 2.64. The first-order valence-electron chi connectivity index (χ1n) is 8.53. The number of thioether (sulfide) groups is 1. The minimum Gasteiger partial charge on any atom is -0.250 e. The van der Waals surface area contributed by atoms with Crippen molar-refractivity contribution in [2.75, 3.05) is 0 Å². The lowest BCUT2D eigenvalue weighted by Gasteiger charge is -2.26. The Bertz CT molecular complexity index is 726. The van der Waals surface area contributed by atoms with Crippen LogP contribution >= 0.6 is 11.8 Å². The van der Waals surface area contributed by atoms with Crippen LogP contribution in [0.4, 0.5) is 0 Å². The van der Waals surface area contributed by atoms with E-state index in [2.05, 4.69) is 4.98 Å². The monoisotopic (exact) mass is 361 g/mol. The van der Waals surface area contributed by atoms with Crippen LogP contribution in [0.1, 0.15) is 38.5 Å². The van der Waals surface area contributed by atoms with E-state index in [1.807, 2.05) is 24.3 Å². The number of benzene rings is 1. The van der Waals surface area contributed by atoms with Crippen molar-refractivity contribution >= 4 is 21.6 Å². The number of sulfone groups is 1. The highest BCUT2D eigenvalue weighted by Crippen LogP contribution is 2.37. The molecule has 5 heteroatoms. The molecule has 0 saturated heterocycles. The van der Waals surface area contributed by atoms with Gasteiger partial charge in [0.1, 0.15) is 4.58 Å². The Morgan fingerprint density at radius 3 is 2.38 bits per heavy atom. The molecule has 0 bridgehead atoms. The van der Waals surface area contributed by atoms with Crippen molar-refractivity contribution in [2.45, 2.75) is 53.0 Å². The standard InChI is InChI=1S/C19H23NO2S2/c21-24(22,17-11-5-2-6-12-17)19(15-16-9-3-1-4-10-16)23-18-13-7-8-14-20-18/h2,5-8,11-14,16,19H,1,3-4,9-10,15H2. The van der Waals surface area contributed by atoms with Crippen LogP contribution in [0.3, 0.4) is 0 Å². The lowest BCUT2D eigenvalue weighted by atomic mass is 9.87. The van der Waals surface area contributed by atoms with Gasteiger partial charge >= 0.3 is 0 Å². The topological polar surface area (TPSA) is 47.0 Å². The summed E-state index contributed by atoms with van der Waals surface area (Å²) in [6.45, 7) is 0. The fourth-order valence-electron chi connectivity index (χ4n) is 3.25. The van der Waals surface area contributed by atoms with Crippen molar-refractivity contribution in [3.05, 3.63) is 54.7 Å². The van der Waals surface area contributed by atoms with E-state index in [1.54, 1.807) is 30.5 Å². The Kier molecular flexibility index (Phi) is 5.95.